The molecule has 0 aliphatic rings. The van der Waals surface area contributed by atoms with Crippen LogP contribution in [-0.2, 0) is 14.8 Å². The first-order valence-corrected chi connectivity index (χ1v) is 11.0. The van der Waals surface area contributed by atoms with Crippen molar-refractivity contribution in [3.05, 3.63) is 90.5 Å². The van der Waals surface area contributed by atoms with Gasteiger partial charge in [-0.3, -0.25) is 9.59 Å². The van der Waals surface area contributed by atoms with E-state index < -0.39 is 28.4 Å². The number of carboxylic acid groups (broad SMARTS) is 1. The van der Waals surface area contributed by atoms with Crippen LogP contribution < -0.4 is 9.03 Å². The van der Waals surface area contributed by atoms with E-state index in [1.165, 1.54) is 28.0 Å². The molecule has 1 amide bonds. The fraction of sp³-hybridized carbons (Fsp3) is 0.0476. The van der Waals surface area contributed by atoms with E-state index in [4.69, 9.17) is 5.11 Å². The second kappa shape index (κ2) is 9.47. The predicted molar refractivity (Wildman–Crippen MR) is 115 cm³/mol. The van der Waals surface area contributed by atoms with Gasteiger partial charge in [-0.25, -0.2) is 12.1 Å². The number of carbonyl (C=O) groups is 2. The van der Waals surface area contributed by atoms with E-state index >= 15 is 0 Å². The summed E-state index contributed by atoms with van der Waals surface area (Å²) in [6.45, 7) is -0.519. The van der Waals surface area contributed by atoms with E-state index in [1.807, 2.05) is 30.3 Å². The zero-order valence-corrected chi connectivity index (χ0v) is 17.3. The highest BCUT2D eigenvalue weighted by Gasteiger charge is 2.26. The Morgan fingerprint density at radius 1 is 0.867 bits per heavy atom. The van der Waals surface area contributed by atoms with Gasteiger partial charge in [-0.15, -0.1) is 0 Å². The summed E-state index contributed by atoms with van der Waals surface area (Å²) in [5.74, 6) is -1.76. The van der Waals surface area contributed by atoms with Gasteiger partial charge in [-0.2, -0.15) is 0 Å². The Kier molecular flexibility index (Phi) is 6.76. The highest BCUT2D eigenvalue weighted by atomic mass is 32.3. The van der Waals surface area contributed by atoms with Gasteiger partial charge in [0.1, 0.15) is 6.54 Å². The summed E-state index contributed by atoms with van der Waals surface area (Å²) in [6.07, 6.45) is 0. The Balaban J connectivity index is 1.91. The second-order valence-electron chi connectivity index (χ2n) is 6.07. The van der Waals surface area contributed by atoms with Crippen LogP contribution in [0.2, 0.25) is 0 Å². The summed E-state index contributed by atoms with van der Waals surface area (Å²) in [5.41, 5.74) is 0.645. The van der Waals surface area contributed by atoms with Crippen molar-refractivity contribution < 1.29 is 23.1 Å². The number of para-hydroxylation sites is 1. The fourth-order valence-electron chi connectivity index (χ4n) is 2.50. The van der Waals surface area contributed by atoms with Gasteiger partial charge in [-0.05, 0) is 48.5 Å². The SMILES string of the molecule is O=C(O)CNC(=O)c1ccc(S(=O)(=O)N(Sc2ccccc2)c2ccccc2)cc1. The minimum Gasteiger partial charge on any atom is -0.480 e. The van der Waals surface area contributed by atoms with Gasteiger partial charge in [0.25, 0.3) is 15.9 Å². The molecule has 2 N–H and O–H groups in total. The van der Waals surface area contributed by atoms with E-state index in [-0.39, 0.29) is 10.5 Å². The van der Waals surface area contributed by atoms with Crippen molar-refractivity contribution >= 4 is 39.5 Å². The molecule has 0 spiro atoms. The van der Waals surface area contributed by atoms with Gasteiger partial charge < -0.3 is 10.4 Å². The van der Waals surface area contributed by atoms with Crippen LogP contribution in [0.15, 0.2) is 94.7 Å². The van der Waals surface area contributed by atoms with Crippen molar-refractivity contribution in [1.82, 2.24) is 5.32 Å². The number of benzene rings is 3. The van der Waals surface area contributed by atoms with E-state index in [1.54, 1.807) is 30.3 Å². The number of amides is 1. The molecule has 0 unspecified atom stereocenters. The van der Waals surface area contributed by atoms with Crippen LogP contribution in [0.4, 0.5) is 5.69 Å². The maximum atomic E-state index is 13.4. The van der Waals surface area contributed by atoms with Crippen molar-refractivity contribution in [3.8, 4) is 0 Å². The van der Waals surface area contributed by atoms with Crippen LogP contribution in [0.1, 0.15) is 10.4 Å². The molecule has 3 aromatic rings. The van der Waals surface area contributed by atoms with Crippen LogP contribution in [-0.4, -0.2) is 31.9 Å². The Bertz CT molecular complexity index is 1120. The molecular weight excluding hydrogens is 424 g/mol. The number of hydrogen-bond donors (Lipinski definition) is 2. The number of rotatable bonds is 8. The Hall–Kier alpha value is -3.30. The molecule has 0 atom stereocenters. The average molecular weight is 443 g/mol. The highest BCUT2D eigenvalue weighted by Crippen LogP contribution is 2.34. The maximum absolute atomic E-state index is 13.4. The quantitative estimate of drug-likeness (QED) is 0.518. The molecule has 0 heterocycles. The van der Waals surface area contributed by atoms with Crippen LogP contribution in [0.5, 0.6) is 0 Å². The topological polar surface area (TPSA) is 104 Å². The molecule has 0 aromatic heterocycles. The first kappa shape index (κ1) is 21.4. The molecule has 7 nitrogen and oxygen atoms in total. The maximum Gasteiger partial charge on any atom is 0.322 e. The average Bonchev–Trinajstić information content (AvgIpc) is 2.77. The molecule has 9 heteroatoms. The molecular formula is C21H18N2O5S2. The zero-order valence-electron chi connectivity index (χ0n) is 15.6. The largest absolute Gasteiger partial charge is 0.480 e. The molecule has 0 fully saturated rings. The van der Waals surface area contributed by atoms with Crippen molar-refractivity contribution in [2.24, 2.45) is 0 Å². The lowest BCUT2D eigenvalue weighted by Crippen LogP contribution is -2.29. The van der Waals surface area contributed by atoms with Crippen LogP contribution in [0.25, 0.3) is 0 Å². The molecule has 0 saturated heterocycles. The van der Waals surface area contributed by atoms with Crippen LogP contribution in [0, 0.1) is 0 Å². The molecule has 0 saturated carbocycles. The predicted octanol–water partition coefficient (Wildman–Crippen LogP) is 3.40. The first-order chi connectivity index (χ1) is 14.4. The lowest BCUT2D eigenvalue weighted by molar-refractivity contribution is -0.135. The van der Waals surface area contributed by atoms with Gasteiger partial charge >= 0.3 is 5.97 Å². The molecule has 3 rings (SSSR count). The van der Waals surface area contributed by atoms with Crippen molar-refractivity contribution in [2.45, 2.75) is 9.79 Å². The summed E-state index contributed by atoms with van der Waals surface area (Å²) in [5, 5.41) is 10.9. The number of carboxylic acids is 1. The monoisotopic (exact) mass is 442 g/mol. The number of hydrogen-bond acceptors (Lipinski definition) is 5. The minimum atomic E-state index is -3.95. The highest BCUT2D eigenvalue weighted by molar-refractivity contribution is 8.14. The van der Waals surface area contributed by atoms with Gasteiger partial charge in [0.2, 0.25) is 0 Å². The van der Waals surface area contributed by atoms with Crippen LogP contribution in [0.3, 0.4) is 0 Å². The van der Waals surface area contributed by atoms with Gasteiger partial charge in [-0.1, -0.05) is 36.4 Å². The molecule has 0 bridgehead atoms. The molecule has 0 radical (unpaired) electrons. The molecule has 30 heavy (non-hydrogen) atoms. The number of nitrogens with one attached hydrogen (secondary N) is 1. The van der Waals surface area contributed by atoms with E-state index in [0.717, 1.165) is 16.8 Å². The molecule has 0 aliphatic carbocycles. The number of sulfonamides is 1. The molecule has 154 valence electrons. The van der Waals surface area contributed by atoms with Gasteiger partial charge in [0, 0.05) is 22.4 Å². The second-order valence-corrected chi connectivity index (χ2v) is 9.11. The number of anilines is 1. The Labute approximate surface area is 178 Å². The minimum absolute atomic E-state index is 0.00423. The summed E-state index contributed by atoms with van der Waals surface area (Å²) in [4.78, 5) is 23.3. The normalized spacial score (nSPS) is 10.9. The van der Waals surface area contributed by atoms with Crippen molar-refractivity contribution in [2.75, 3.05) is 10.3 Å². The van der Waals surface area contributed by atoms with Gasteiger partial charge in [0.05, 0.1) is 10.6 Å². The van der Waals surface area contributed by atoms with Crippen molar-refractivity contribution in [1.29, 1.82) is 0 Å². The number of carbonyl (C=O) groups excluding carboxylic acids is 1. The molecule has 3 aromatic carbocycles. The smallest absolute Gasteiger partial charge is 0.322 e. The van der Waals surface area contributed by atoms with E-state index in [0.29, 0.717) is 5.69 Å². The van der Waals surface area contributed by atoms with Crippen molar-refractivity contribution in [3.63, 3.8) is 0 Å². The van der Waals surface area contributed by atoms with Gasteiger partial charge in [0.15, 0.2) is 0 Å². The first-order valence-electron chi connectivity index (χ1n) is 8.81. The Morgan fingerprint density at radius 3 is 2.00 bits per heavy atom. The standard InChI is InChI=1S/C21H18N2O5S2/c24-20(25)15-22-21(26)16-11-13-19(14-12-16)30(27,28)23(17-7-3-1-4-8-17)29-18-9-5-2-6-10-18/h1-14H,15H2,(H,22,26)(H,24,25). The van der Waals surface area contributed by atoms with E-state index in [2.05, 4.69) is 5.32 Å². The fourth-order valence-corrected chi connectivity index (χ4v) is 5.18. The molecule has 0 aliphatic heterocycles. The summed E-state index contributed by atoms with van der Waals surface area (Å²) >= 11 is 1.07. The van der Waals surface area contributed by atoms with Crippen LogP contribution >= 0.6 is 11.9 Å². The lowest BCUT2D eigenvalue weighted by atomic mass is 10.2. The third kappa shape index (κ3) is 5.19. The number of nitrogens with zero attached hydrogens (tertiary/aromatic N) is 1. The summed E-state index contributed by atoms with van der Waals surface area (Å²) < 4.78 is 27.9. The van der Waals surface area contributed by atoms with E-state index in [9.17, 15) is 18.0 Å². The third-order valence-corrected chi connectivity index (χ3v) is 7.12. The zero-order chi connectivity index (χ0) is 21.6. The summed E-state index contributed by atoms with van der Waals surface area (Å²) in [7, 11) is -3.95. The third-order valence-electron chi connectivity index (χ3n) is 3.93. The Morgan fingerprint density at radius 2 is 1.43 bits per heavy atom. The lowest BCUT2D eigenvalue weighted by Gasteiger charge is -2.23. The summed E-state index contributed by atoms with van der Waals surface area (Å²) in [6, 6.07) is 23.1. The number of aliphatic carboxylic acids is 1.